The number of hydrogen-bond acceptors (Lipinski definition) is 3. The van der Waals surface area contributed by atoms with Crippen molar-refractivity contribution in [3.05, 3.63) is 35.4 Å². The summed E-state index contributed by atoms with van der Waals surface area (Å²) in [5.41, 5.74) is 2.17. The molecule has 1 aromatic carbocycles. The Kier molecular flexibility index (Phi) is 4.82. The standard InChI is InChI=1S/C20H32N2O/c1-20(2,23)10-9-15-5-7-16(8-6-15)11-22-13-18-17(12-21(3)4)19(18)14-22/h5-8,17-19,23H,9-14H2,1-4H3/t17?,18-,19+. The summed E-state index contributed by atoms with van der Waals surface area (Å²) in [5.74, 6) is 2.84. The summed E-state index contributed by atoms with van der Waals surface area (Å²) in [4.78, 5) is 4.95. The number of aliphatic hydroxyl groups is 1. The van der Waals surface area contributed by atoms with Gasteiger partial charge in [-0.2, -0.15) is 0 Å². The van der Waals surface area contributed by atoms with Gasteiger partial charge in [0.15, 0.2) is 0 Å². The topological polar surface area (TPSA) is 26.7 Å². The smallest absolute Gasteiger partial charge is 0.0594 e. The van der Waals surface area contributed by atoms with Crippen LogP contribution in [0.2, 0.25) is 0 Å². The van der Waals surface area contributed by atoms with E-state index in [2.05, 4.69) is 48.2 Å². The molecule has 0 amide bonds. The van der Waals surface area contributed by atoms with Crippen LogP contribution < -0.4 is 0 Å². The van der Waals surface area contributed by atoms with Gasteiger partial charge in [-0.3, -0.25) is 4.90 Å². The highest BCUT2D eigenvalue weighted by atomic mass is 16.3. The van der Waals surface area contributed by atoms with E-state index in [0.717, 1.165) is 37.1 Å². The number of rotatable bonds is 7. The van der Waals surface area contributed by atoms with Crippen molar-refractivity contribution in [1.82, 2.24) is 9.80 Å². The second kappa shape index (κ2) is 6.54. The number of fused-ring (bicyclic) bond motifs is 1. The lowest BCUT2D eigenvalue weighted by Crippen LogP contribution is -2.27. The predicted molar refractivity (Wildman–Crippen MR) is 95.4 cm³/mol. The first-order valence-corrected chi connectivity index (χ1v) is 8.99. The Morgan fingerprint density at radius 3 is 2.17 bits per heavy atom. The first-order valence-electron chi connectivity index (χ1n) is 8.99. The van der Waals surface area contributed by atoms with Crippen molar-refractivity contribution in [1.29, 1.82) is 0 Å². The molecule has 0 radical (unpaired) electrons. The van der Waals surface area contributed by atoms with Crippen LogP contribution in [0.15, 0.2) is 24.3 Å². The first kappa shape index (κ1) is 16.9. The van der Waals surface area contributed by atoms with Gasteiger partial charge in [-0.15, -0.1) is 0 Å². The first-order chi connectivity index (χ1) is 10.8. The Morgan fingerprint density at radius 2 is 1.65 bits per heavy atom. The average molecular weight is 316 g/mol. The van der Waals surface area contributed by atoms with Crippen LogP contribution in [0, 0.1) is 17.8 Å². The number of piperidine rings is 1. The summed E-state index contributed by atoms with van der Waals surface area (Å²) < 4.78 is 0. The SMILES string of the molecule is CN(C)CC1[C@H]2CN(Cc3ccc(CCC(C)(C)O)cc3)C[C@@H]12. The maximum absolute atomic E-state index is 9.82. The molecule has 1 saturated carbocycles. The van der Waals surface area contributed by atoms with Crippen molar-refractivity contribution in [2.24, 2.45) is 17.8 Å². The normalized spacial score (nSPS) is 27.5. The number of benzene rings is 1. The molecule has 0 bridgehead atoms. The van der Waals surface area contributed by atoms with Gasteiger partial charge < -0.3 is 10.0 Å². The maximum Gasteiger partial charge on any atom is 0.0594 e. The van der Waals surface area contributed by atoms with E-state index >= 15 is 0 Å². The van der Waals surface area contributed by atoms with Gasteiger partial charge in [-0.25, -0.2) is 0 Å². The Balaban J connectivity index is 1.44. The molecule has 0 spiro atoms. The van der Waals surface area contributed by atoms with Gasteiger partial charge in [0, 0.05) is 26.2 Å². The van der Waals surface area contributed by atoms with Crippen LogP contribution in [-0.4, -0.2) is 54.2 Å². The zero-order valence-corrected chi connectivity index (χ0v) is 15.1. The molecular formula is C20H32N2O. The largest absolute Gasteiger partial charge is 0.390 e. The minimum Gasteiger partial charge on any atom is -0.390 e. The van der Waals surface area contributed by atoms with E-state index in [-0.39, 0.29) is 0 Å². The lowest BCUT2D eigenvalue weighted by molar-refractivity contribution is 0.0714. The van der Waals surface area contributed by atoms with Crippen molar-refractivity contribution >= 4 is 0 Å². The Hall–Kier alpha value is -0.900. The molecule has 3 heteroatoms. The lowest BCUT2D eigenvalue weighted by Gasteiger charge is -2.21. The van der Waals surface area contributed by atoms with Crippen molar-refractivity contribution < 1.29 is 5.11 Å². The fourth-order valence-electron chi connectivity index (χ4n) is 4.08. The summed E-state index contributed by atoms with van der Waals surface area (Å²) in [5, 5.41) is 9.82. The second-order valence-corrected chi connectivity index (χ2v) is 8.58. The number of aryl methyl sites for hydroxylation is 1. The van der Waals surface area contributed by atoms with Crippen LogP contribution in [-0.2, 0) is 13.0 Å². The van der Waals surface area contributed by atoms with Crippen molar-refractivity contribution in [3.8, 4) is 0 Å². The maximum atomic E-state index is 9.82. The van der Waals surface area contributed by atoms with Gasteiger partial charge in [-0.05, 0) is 69.7 Å². The van der Waals surface area contributed by atoms with Gasteiger partial charge in [0.25, 0.3) is 0 Å². The van der Waals surface area contributed by atoms with E-state index in [1.807, 2.05) is 13.8 Å². The summed E-state index contributed by atoms with van der Waals surface area (Å²) in [6, 6.07) is 8.99. The van der Waals surface area contributed by atoms with Gasteiger partial charge in [0.2, 0.25) is 0 Å². The molecule has 1 heterocycles. The van der Waals surface area contributed by atoms with Crippen LogP contribution in [0.1, 0.15) is 31.4 Å². The fraction of sp³-hybridized carbons (Fsp3) is 0.700. The third-order valence-corrected chi connectivity index (χ3v) is 5.48. The highest BCUT2D eigenvalue weighted by molar-refractivity contribution is 5.23. The molecule has 0 aromatic heterocycles. The van der Waals surface area contributed by atoms with Crippen LogP contribution in [0.5, 0.6) is 0 Å². The molecule has 23 heavy (non-hydrogen) atoms. The zero-order valence-electron chi connectivity index (χ0n) is 15.1. The number of likely N-dealkylation sites (tertiary alicyclic amines) is 1. The van der Waals surface area contributed by atoms with Crippen LogP contribution in [0.25, 0.3) is 0 Å². The quantitative estimate of drug-likeness (QED) is 0.838. The van der Waals surface area contributed by atoms with Gasteiger partial charge in [0.1, 0.15) is 0 Å². The molecular weight excluding hydrogens is 284 g/mol. The van der Waals surface area contributed by atoms with Crippen LogP contribution >= 0.6 is 0 Å². The third-order valence-electron chi connectivity index (χ3n) is 5.48. The fourth-order valence-corrected chi connectivity index (χ4v) is 4.08. The van der Waals surface area contributed by atoms with Gasteiger partial charge in [-0.1, -0.05) is 24.3 Å². The minimum absolute atomic E-state index is 0.571. The molecule has 1 unspecified atom stereocenters. The molecule has 1 N–H and O–H groups in total. The van der Waals surface area contributed by atoms with Crippen molar-refractivity contribution in [2.75, 3.05) is 33.7 Å². The van der Waals surface area contributed by atoms with Gasteiger partial charge >= 0.3 is 0 Å². The number of hydrogen-bond donors (Lipinski definition) is 1. The minimum atomic E-state index is -0.571. The molecule has 1 saturated heterocycles. The molecule has 1 aliphatic carbocycles. The Morgan fingerprint density at radius 1 is 1.09 bits per heavy atom. The molecule has 128 valence electrons. The van der Waals surface area contributed by atoms with E-state index in [9.17, 15) is 5.11 Å². The van der Waals surface area contributed by atoms with E-state index < -0.39 is 5.60 Å². The molecule has 3 atom stereocenters. The van der Waals surface area contributed by atoms with Crippen LogP contribution in [0.4, 0.5) is 0 Å². The summed E-state index contributed by atoms with van der Waals surface area (Å²) in [7, 11) is 4.37. The summed E-state index contributed by atoms with van der Waals surface area (Å²) in [6.45, 7) is 8.67. The van der Waals surface area contributed by atoms with Gasteiger partial charge in [0.05, 0.1) is 5.60 Å². The monoisotopic (exact) mass is 316 g/mol. The Labute approximate surface area is 141 Å². The van der Waals surface area contributed by atoms with Crippen molar-refractivity contribution in [2.45, 2.75) is 38.8 Å². The van der Waals surface area contributed by atoms with Crippen LogP contribution in [0.3, 0.4) is 0 Å². The number of nitrogens with zero attached hydrogens (tertiary/aromatic N) is 2. The van der Waals surface area contributed by atoms with E-state index in [4.69, 9.17) is 0 Å². The highest BCUT2D eigenvalue weighted by Crippen LogP contribution is 2.52. The predicted octanol–water partition coefficient (Wildman–Crippen LogP) is 2.63. The molecule has 3 rings (SSSR count). The lowest BCUT2D eigenvalue weighted by atomic mass is 9.98. The highest BCUT2D eigenvalue weighted by Gasteiger charge is 2.54. The third kappa shape index (κ3) is 4.56. The van der Waals surface area contributed by atoms with Crippen molar-refractivity contribution in [3.63, 3.8) is 0 Å². The molecule has 1 aliphatic heterocycles. The summed E-state index contributed by atoms with van der Waals surface area (Å²) in [6.07, 6.45) is 1.76. The zero-order chi connectivity index (χ0) is 16.6. The summed E-state index contributed by atoms with van der Waals surface area (Å²) >= 11 is 0. The molecule has 1 aromatic rings. The second-order valence-electron chi connectivity index (χ2n) is 8.58. The average Bonchev–Trinajstić information content (AvgIpc) is 2.91. The van der Waals surface area contributed by atoms with E-state index in [1.54, 1.807) is 0 Å². The Bertz CT molecular complexity index is 505. The molecule has 2 fully saturated rings. The van der Waals surface area contributed by atoms with E-state index in [1.165, 1.54) is 30.8 Å². The molecule has 2 aliphatic rings. The van der Waals surface area contributed by atoms with E-state index in [0.29, 0.717) is 0 Å². The molecule has 3 nitrogen and oxygen atoms in total.